The zero-order valence-corrected chi connectivity index (χ0v) is 37.7. The van der Waals surface area contributed by atoms with Crippen molar-refractivity contribution < 1.29 is 14.2 Å². The fraction of sp³-hybridized carbons (Fsp3) is 0.843. The fourth-order valence-electron chi connectivity index (χ4n) is 8.17. The molecule has 0 aliphatic carbocycles. The summed E-state index contributed by atoms with van der Waals surface area (Å²) in [4.78, 5) is 0. The topological polar surface area (TPSA) is 27.7 Å². The Morgan fingerprint density at radius 1 is 0.556 bits per heavy atom. The van der Waals surface area contributed by atoms with Crippen LogP contribution in [0.2, 0.25) is 0 Å². The summed E-state index contributed by atoms with van der Waals surface area (Å²) in [5, 5.41) is 0. The van der Waals surface area contributed by atoms with Crippen molar-refractivity contribution in [3.63, 3.8) is 0 Å². The van der Waals surface area contributed by atoms with E-state index in [2.05, 4.69) is 97.1 Å². The van der Waals surface area contributed by atoms with Crippen LogP contribution in [0.4, 0.5) is 0 Å². The third kappa shape index (κ3) is 30.0. The lowest BCUT2D eigenvalue weighted by Crippen LogP contribution is -2.36. The fourth-order valence-corrected chi connectivity index (χ4v) is 8.17. The Kier molecular flexibility index (Phi) is 31.0. The van der Waals surface area contributed by atoms with Gasteiger partial charge < -0.3 is 14.2 Å². The van der Waals surface area contributed by atoms with Crippen LogP contribution in [-0.2, 0) is 14.2 Å². The smallest absolute Gasteiger partial charge is 0.280 e. The molecule has 0 aromatic carbocycles. The molecule has 54 heavy (non-hydrogen) atoms. The van der Waals surface area contributed by atoms with Gasteiger partial charge in [0.1, 0.15) is 0 Å². The Morgan fingerprint density at radius 3 is 1.39 bits per heavy atom. The van der Waals surface area contributed by atoms with Crippen molar-refractivity contribution in [1.82, 2.24) is 0 Å². The molecule has 2 atom stereocenters. The molecule has 0 N–H and O–H groups in total. The van der Waals surface area contributed by atoms with Crippen LogP contribution in [0.15, 0.2) is 48.6 Å². The highest BCUT2D eigenvalue weighted by molar-refractivity contribution is 4.93. The molecule has 1 saturated heterocycles. The normalized spacial score (nSPS) is 19.1. The van der Waals surface area contributed by atoms with E-state index in [4.69, 9.17) is 14.2 Å². The van der Waals surface area contributed by atoms with Gasteiger partial charge in [0.15, 0.2) is 0 Å². The minimum absolute atomic E-state index is 0.0991. The molecule has 1 aliphatic heterocycles. The Morgan fingerprint density at radius 2 is 0.963 bits per heavy atom. The lowest BCUT2D eigenvalue weighted by Gasteiger charge is -2.36. The predicted molar refractivity (Wildman–Crippen MR) is 239 cm³/mol. The second kappa shape index (κ2) is 32.9. The highest BCUT2D eigenvalue weighted by Gasteiger charge is 2.42. The van der Waals surface area contributed by atoms with Gasteiger partial charge in [-0.1, -0.05) is 193 Å². The molecule has 1 heterocycles. The van der Waals surface area contributed by atoms with E-state index >= 15 is 0 Å². The summed E-state index contributed by atoms with van der Waals surface area (Å²) in [5.74, 6) is -0.914. The highest BCUT2D eigenvalue weighted by Crippen LogP contribution is 2.41. The standard InChI is InChI=1S/C51H94O3/c1-9-12-14-16-18-20-22-24-26-28-30-32-34-36-38-40-42-47(43-41-39-37-35-33-31-29-27-25-23-21-19-17-15-13-10-2)53-51(8)52-45-48(54-51)44-50(6,7)46-49(4,5)11-3/h18-21,24-27,47-48H,9-17,22-23,28-46H2,1-8H3. The minimum atomic E-state index is -0.914. The van der Waals surface area contributed by atoms with Gasteiger partial charge >= 0.3 is 0 Å². The molecule has 3 heteroatoms. The van der Waals surface area contributed by atoms with Gasteiger partial charge in [-0.2, -0.15) is 0 Å². The SMILES string of the molecule is CCCCCC=CCC=CCCCCCCCCC(CCCCCCCCC=CCC=CCCCCC)OC1(C)OCC(CC(C)(C)CC(C)(C)CC)O1. The summed E-state index contributed by atoms with van der Waals surface area (Å²) in [7, 11) is 0. The number of unbranched alkanes of at least 4 members (excludes halogenated alkanes) is 18. The second-order valence-corrected chi connectivity index (χ2v) is 18.5. The van der Waals surface area contributed by atoms with Gasteiger partial charge in [0.05, 0.1) is 18.8 Å². The molecule has 0 bridgehead atoms. The average Bonchev–Trinajstić information content (AvgIpc) is 3.49. The Labute approximate surface area is 339 Å². The van der Waals surface area contributed by atoms with Crippen LogP contribution >= 0.6 is 0 Å². The third-order valence-electron chi connectivity index (χ3n) is 11.4. The second-order valence-electron chi connectivity index (χ2n) is 18.5. The quantitative estimate of drug-likeness (QED) is 0.0467. The van der Waals surface area contributed by atoms with Crippen LogP contribution in [0, 0.1) is 10.8 Å². The minimum Gasteiger partial charge on any atom is -0.325 e. The first-order chi connectivity index (χ1) is 26.0. The summed E-state index contributed by atoms with van der Waals surface area (Å²) < 4.78 is 19.6. The number of allylic oxidation sites excluding steroid dienone is 8. The van der Waals surface area contributed by atoms with E-state index in [1.54, 1.807) is 0 Å². The molecule has 0 aromatic rings. The predicted octanol–water partition coefficient (Wildman–Crippen LogP) is 17.1. The van der Waals surface area contributed by atoms with Crippen molar-refractivity contribution in [3.05, 3.63) is 48.6 Å². The van der Waals surface area contributed by atoms with Gasteiger partial charge in [0.25, 0.3) is 5.97 Å². The van der Waals surface area contributed by atoms with Gasteiger partial charge in [-0.15, -0.1) is 0 Å². The Bertz CT molecular complexity index is 910. The van der Waals surface area contributed by atoms with Gasteiger partial charge in [0.2, 0.25) is 0 Å². The Balaban J connectivity index is 2.41. The maximum Gasteiger partial charge on any atom is 0.280 e. The molecule has 1 rings (SSSR count). The molecule has 316 valence electrons. The van der Waals surface area contributed by atoms with E-state index < -0.39 is 5.97 Å². The molecule has 1 aliphatic rings. The summed E-state index contributed by atoms with van der Waals surface area (Å²) in [6.45, 7) is 19.1. The lowest BCUT2D eigenvalue weighted by molar-refractivity contribution is -0.344. The van der Waals surface area contributed by atoms with Gasteiger partial charge in [-0.25, -0.2) is 0 Å². The van der Waals surface area contributed by atoms with Gasteiger partial charge in [-0.3, -0.25) is 0 Å². The van der Waals surface area contributed by atoms with E-state index in [0.29, 0.717) is 12.0 Å². The van der Waals surface area contributed by atoms with E-state index in [-0.39, 0.29) is 17.6 Å². The monoisotopic (exact) mass is 755 g/mol. The van der Waals surface area contributed by atoms with Gasteiger partial charge in [0, 0.05) is 6.92 Å². The average molecular weight is 755 g/mol. The molecule has 0 spiro atoms. The van der Waals surface area contributed by atoms with Crippen LogP contribution in [0.5, 0.6) is 0 Å². The zero-order chi connectivity index (χ0) is 39.6. The summed E-state index contributed by atoms with van der Waals surface area (Å²) in [5.41, 5.74) is 0.554. The van der Waals surface area contributed by atoms with Crippen molar-refractivity contribution in [2.45, 2.75) is 260 Å². The molecule has 0 aromatic heterocycles. The molecule has 0 radical (unpaired) electrons. The summed E-state index contributed by atoms with van der Waals surface area (Å²) in [6, 6.07) is 0. The number of ether oxygens (including phenoxy) is 3. The highest BCUT2D eigenvalue weighted by atomic mass is 16.9. The first-order valence-corrected chi connectivity index (χ1v) is 23.6. The van der Waals surface area contributed by atoms with Crippen molar-refractivity contribution in [2.24, 2.45) is 10.8 Å². The van der Waals surface area contributed by atoms with Crippen molar-refractivity contribution >= 4 is 0 Å². The van der Waals surface area contributed by atoms with Crippen LogP contribution < -0.4 is 0 Å². The summed E-state index contributed by atoms with van der Waals surface area (Å²) in [6.07, 6.45) is 55.6. The molecule has 1 fully saturated rings. The van der Waals surface area contributed by atoms with E-state index in [1.807, 2.05) is 6.92 Å². The molecular formula is C51H94O3. The zero-order valence-electron chi connectivity index (χ0n) is 37.7. The van der Waals surface area contributed by atoms with E-state index in [9.17, 15) is 0 Å². The van der Waals surface area contributed by atoms with E-state index in [1.165, 1.54) is 154 Å². The number of rotatable bonds is 37. The molecule has 3 nitrogen and oxygen atoms in total. The van der Waals surface area contributed by atoms with Crippen LogP contribution in [0.3, 0.4) is 0 Å². The third-order valence-corrected chi connectivity index (χ3v) is 11.4. The maximum absolute atomic E-state index is 6.75. The number of hydrogen-bond acceptors (Lipinski definition) is 3. The van der Waals surface area contributed by atoms with Crippen LogP contribution in [-0.4, -0.2) is 24.8 Å². The van der Waals surface area contributed by atoms with Crippen molar-refractivity contribution in [3.8, 4) is 0 Å². The van der Waals surface area contributed by atoms with Crippen LogP contribution in [0.25, 0.3) is 0 Å². The first kappa shape index (κ1) is 50.9. The van der Waals surface area contributed by atoms with E-state index in [0.717, 1.165) is 32.1 Å². The van der Waals surface area contributed by atoms with Crippen molar-refractivity contribution in [1.29, 1.82) is 0 Å². The lowest BCUT2D eigenvalue weighted by atomic mass is 9.71. The Hall–Kier alpha value is -1.16. The molecule has 0 saturated carbocycles. The summed E-state index contributed by atoms with van der Waals surface area (Å²) >= 11 is 0. The number of hydrogen-bond donors (Lipinski definition) is 0. The molecule has 0 amide bonds. The maximum atomic E-state index is 6.75. The molecular weight excluding hydrogens is 661 g/mol. The van der Waals surface area contributed by atoms with Crippen molar-refractivity contribution in [2.75, 3.05) is 6.61 Å². The molecule has 2 unspecified atom stereocenters. The van der Waals surface area contributed by atoms with Gasteiger partial charge in [-0.05, 0) is 101 Å². The first-order valence-electron chi connectivity index (χ1n) is 23.6. The van der Waals surface area contributed by atoms with Crippen LogP contribution in [0.1, 0.15) is 242 Å². The largest absolute Gasteiger partial charge is 0.325 e.